The Morgan fingerprint density at radius 1 is 0.957 bits per heavy atom. The molecule has 2 aromatic carbocycles. The Hall–Kier alpha value is -2.07. The van der Waals surface area contributed by atoms with Crippen LogP contribution in [0.25, 0.3) is 11.0 Å². The van der Waals surface area contributed by atoms with Gasteiger partial charge in [-0.1, -0.05) is 28.1 Å². The Kier molecular flexibility index (Phi) is 4.26. The van der Waals surface area contributed by atoms with Crippen molar-refractivity contribution in [2.45, 2.75) is 27.4 Å². The van der Waals surface area contributed by atoms with Crippen molar-refractivity contribution in [1.29, 1.82) is 0 Å². The van der Waals surface area contributed by atoms with Crippen LogP contribution in [0.4, 0.5) is 0 Å². The van der Waals surface area contributed by atoms with Gasteiger partial charge in [-0.05, 0) is 56.2 Å². The topological polar surface area (TPSA) is 39.4 Å². The second-order valence-electron chi connectivity index (χ2n) is 5.62. The molecule has 1 heterocycles. The second-order valence-corrected chi connectivity index (χ2v) is 6.54. The summed E-state index contributed by atoms with van der Waals surface area (Å²) in [5, 5.41) is 0.954. The zero-order chi connectivity index (χ0) is 16.6. The van der Waals surface area contributed by atoms with Gasteiger partial charge in [-0.25, -0.2) is 4.79 Å². The summed E-state index contributed by atoms with van der Waals surface area (Å²) in [5.74, 6) is 0.729. The van der Waals surface area contributed by atoms with Gasteiger partial charge in [0.05, 0.1) is 0 Å². The fourth-order valence-corrected chi connectivity index (χ4v) is 2.79. The van der Waals surface area contributed by atoms with Crippen molar-refractivity contribution in [1.82, 2.24) is 0 Å². The molecule has 0 amide bonds. The van der Waals surface area contributed by atoms with Crippen molar-refractivity contribution in [3.8, 4) is 5.75 Å². The molecule has 4 heteroatoms. The van der Waals surface area contributed by atoms with Gasteiger partial charge in [0.2, 0.25) is 0 Å². The number of rotatable bonds is 3. The Bertz CT molecular complexity index is 924. The van der Waals surface area contributed by atoms with E-state index < -0.39 is 0 Å². The zero-order valence-electron chi connectivity index (χ0n) is 13.3. The molecule has 3 aromatic rings. The van der Waals surface area contributed by atoms with Crippen molar-refractivity contribution in [2.24, 2.45) is 0 Å². The Labute approximate surface area is 143 Å². The average molecular weight is 373 g/mol. The van der Waals surface area contributed by atoms with E-state index in [4.69, 9.17) is 9.15 Å². The van der Waals surface area contributed by atoms with E-state index in [2.05, 4.69) is 15.9 Å². The quantitative estimate of drug-likeness (QED) is 0.603. The maximum absolute atomic E-state index is 11.9. The summed E-state index contributed by atoms with van der Waals surface area (Å²) >= 11 is 3.42. The molecular weight excluding hydrogens is 356 g/mol. The van der Waals surface area contributed by atoms with E-state index in [0.29, 0.717) is 17.8 Å². The molecule has 0 aliphatic rings. The Balaban J connectivity index is 1.96. The van der Waals surface area contributed by atoms with Crippen LogP contribution >= 0.6 is 15.9 Å². The molecular formula is C19H17BrO3. The predicted octanol–water partition coefficient (Wildman–Crippen LogP) is 5.06. The standard InChI is InChI=1S/C19H17BrO3/c1-11-12(2)19(21)23-18-13(3)17(9-8-16(11)18)22-10-14-4-6-15(20)7-5-14/h4-9H,10H2,1-3H3. The summed E-state index contributed by atoms with van der Waals surface area (Å²) < 4.78 is 12.4. The van der Waals surface area contributed by atoms with E-state index >= 15 is 0 Å². The monoisotopic (exact) mass is 372 g/mol. The van der Waals surface area contributed by atoms with Gasteiger partial charge in [0.15, 0.2) is 0 Å². The van der Waals surface area contributed by atoms with Gasteiger partial charge < -0.3 is 9.15 Å². The number of fused-ring (bicyclic) bond motifs is 1. The highest BCUT2D eigenvalue weighted by Crippen LogP contribution is 2.29. The first-order valence-corrected chi connectivity index (χ1v) is 8.17. The minimum absolute atomic E-state index is 0.289. The second kappa shape index (κ2) is 6.20. The molecule has 0 spiro atoms. The highest BCUT2D eigenvalue weighted by molar-refractivity contribution is 9.10. The molecule has 0 fully saturated rings. The van der Waals surface area contributed by atoms with Crippen LogP contribution in [0.15, 0.2) is 50.1 Å². The van der Waals surface area contributed by atoms with E-state index in [9.17, 15) is 4.79 Å². The van der Waals surface area contributed by atoms with Crippen LogP contribution in [0.3, 0.4) is 0 Å². The minimum atomic E-state index is -0.289. The van der Waals surface area contributed by atoms with E-state index in [1.165, 1.54) is 0 Å². The maximum Gasteiger partial charge on any atom is 0.339 e. The van der Waals surface area contributed by atoms with Crippen LogP contribution in [-0.2, 0) is 6.61 Å². The van der Waals surface area contributed by atoms with Crippen LogP contribution < -0.4 is 10.4 Å². The third-order valence-corrected chi connectivity index (χ3v) is 4.66. The Morgan fingerprint density at radius 3 is 2.35 bits per heavy atom. The zero-order valence-corrected chi connectivity index (χ0v) is 14.9. The number of aryl methyl sites for hydroxylation is 2. The summed E-state index contributed by atoms with van der Waals surface area (Å²) in [6.45, 7) is 6.11. The normalized spacial score (nSPS) is 11.0. The first kappa shape index (κ1) is 15.8. The van der Waals surface area contributed by atoms with E-state index in [-0.39, 0.29) is 5.63 Å². The average Bonchev–Trinajstić information content (AvgIpc) is 2.54. The molecule has 23 heavy (non-hydrogen) atoms. The number of halogens is 1. The lowest BCUT2D eigenvalue weighted by molar-refractivity contribution is 0.304. The van der Waals surface area contributed by atoms with Crippen molar-refractivity contribution >= 4 is 26.9 Å². The molecule has 0 radical (unpaired) electrons. The summed E-state index contributed by atoms with van der Waals surface area (Å²) in [4.78, 5) is 11.9. The molecule has 3 rings (SSSR count). The summed E-state index contributed by atoms with van der Waals surface area (Å²) in [6, 6.07) is 11.9. The van der Waals surface area contributed by atoms with Gasteiger partial charge in [0, 0.05) is 21.0 Å². The fraction of sp³-hybridized carbons (Fsp3) is 0.211. The highest BCUT2D eigenvalue weighted by atomic mass is 79.9. The van der Waals surface area contributed by atoms with Gasteiger partial charge >= 0.3 is 5.63 Å². The Morgan fingerprint density at radius 2 is 1.65 bits per heavy atom. The molecule has 0 aliphatic carbocycles. The van der Waals surface area contributed by atoms with Gasteiger partial charge in [-0.3, -0.25) is 0 Å². The summed E-state index contributed by atoms with van der Waals surface area (Å²) in [7, 11) is 0. The van der Waals surface area contributed by atoms with Gasteiger partial charge in [0.25, 0.3) is 0 Å². The minimum Gasteiger partial charge on any atom is -0.488 e. The van der Waals surface area contributed by atoms with E-state index in [1.807, 2.05) is 50.2 Å². The molecule has 0 saturated carbocycles. The molecule has 0 atom stereocenters. The third-order valence-electron chi connectivity index (χ3n) is 4.13. The first-order valence-electron chi connectivity index (χ1n) is 7.38. The van der Waals surface area contributed by atoms with Crippen LogP contribution in [0.2, 0.25) is 0 Å². The molecule has 0 N–H and O–H groups in total. The van der Waals surface area contributed by atoms with Gasteiger partial charge in [-0.15, -0.1) is 0 Å². The molecule has 0 unspecified atom stereocenters. The molecule has 0 aliphatic heterocycles. The fourth-order valence-electron chi connectivity index (χ4n) is 2.52. The van der Waals surface area contributed by atoms with Crippen molar-refractivity contribution in [3.63, 3.8) is 0 Å². The molecule has 0 saturated heterocycles. The lowest BCUT2D eigenvalue weighted by Gasteiger charge is -2.12. The molecule has 3 nitrogen and oxygen atoms in total. The number of ether oxygens (including phenoxy) is 1. The smallest absolute Gasteiger partial charge is 0.339 e. The lowest BCUT2D eigenvalue weighted by Crippen LogP contribution is -2.06. The molecule has 118 valence electrons. The summed E-state index contributed by atoms with van der Waals surface area (Å²) in [6.07, 6.45) is 0. The van der Waals surface area contributed by atoms with Crippen LogP contribution in [0, 0.1) is 20.8 Å². The number of hydrogen-bond donors (Lipinski definition) is 0. The van der Waals surface area contributed by atoms with E-state index in [0.717, 1.165) is 32.3 Å². The van der Waals surface area contributed by atoms with Crippen LogP contribution in [0.5, 0.6) is 5.75 Å². The van der Waals surface area contributed by atoms with Crippen molar-refractivity contribution in [2.75, 3.05) is 0 Å². The van der Waals surface area contributed by atoms with Gasteiger partial charge in [-0.2, -0.15) is 0 Å². The predicted molar refractivity (Wildman–Crippen MR) is 95.2 cm³/mol. The van der Waals surface area contributed by atoms with Gasteiger partial charge in [0.1, 0.15) is 17.9 Å². The third kappa shape index (κ3) is 3.04. The van der Waals surface area contributed by atoms with Crippen LogP contribution in [0.1, 0.15) is 22.3 Å². The molecule has 0 bridgehead atoms. The first-order chi connectivity index (χ1) is 11.0. The number of hydrogen-bond acceptors (Lipinski definition) is 3. The largest absolute Gasteiger partial charge is 0.488 e. The number of benzene rings is 2. The highest BCUT2D eigenvalue weighted by Gasteiger charge is 2.12. The van der Waals surface area contributed by atoms with Crippen molar-refractivity contribution in [3.05, 3.63) is 73.5 Å². The summed E-state index contributed by atoms with van der Waals surface area (Å²) in [5.41, 5.74) is 3.85. The lowest BCUT2D eigenvalue weighted by atomic mass is 10.0. The van der Waals surface area contributed by atoms with E-state index in [1.54, 1.807) is 6.92 Å². The SMILES string of the molecule is Cc1c(C)c2ccc(OCc3ccc(Br)cc3)c(C)c2oc1=O. The molecule has 1 aromatic heterocycles. The van der Waals surface area contributed by atoms with Crippen LogP contribution in [-0.4, -0.2) is 0 Å². The maximum atomic E-state index is 11.9. The van der Waals surface area contributed by atoms with Crippen molar-refractivity contribution < 1.29 is 9.15 Å².